The number of rotatable bonds is 3. The first-order valence-electron chi connectivity index (χ1n) is 5.21. The van der Waals surface area contributed by atoms with Crippen molar-refractivity contribution in [3.05, 3.63) is 29.9 Å². The van der Waals surface area contributed by atoms with Crippen molar-refractivity contribution >= 4 is 0 Å². The van der Waals surface area contributed by atoms with Gasteiger partial charge in [0.05, 0.1) is 6.33 Å². The Labute approximate surface area is 84.8 Å². The number of imidazole rings is 1. The zero-order chi connectivity index (χ0) is 9.80. The summed E-state index contributed by atoms with van der Waals surface area (Å²) in [6, 6.07) is 0. The van der Waals surface area contributed by atoms with Crippen molar-refractivity contribution in [3.8, 4) is 0 Å². The lowest BCUT2D eigenvalue weighted by atomic mass is 10.1. The van der Waals surface area contributed by atoms with Gasteiger partial charge in [0.25, 0.3) is 0 Å². The van der Waals surface area contributed by atoms with Crippen molar-refractivity contribution in [1.82, 2.24) is 14.9 Å². The average molecular weight is 191 g/mol. The van der Waals surface area contributed by atoms with Crippen LogP contribution in [0.2, 0.25) is 0 Å². The predicted octanol–water partition coefficient (Wildman–Crippen LogP) is 1.50. The highest BCUT2D eigenvalue weighted by atomic mass is 15.0. The second kappa shape index (κ2) is 4.42. The lowest BCUT2D eigenvalue weighted by molar-refractivity contribution is 0.622. The molecule has 1 aromatic rings. The molecule has 14 heavy (non-hydrogen) atoms. The van der Waals surface area contributed by atoms with Crippen molar-refractivity contribution in [1.29, 1.82) is 0 Å². The molecular formula is C11H17N3. The summed E-state index contributed by atoms with van der Waals surface area (Å²) in [5.41, 5.74) is 2.83. The molecule has 76 valence electrons. The van der Waals surface area contributed by atoms with E-state index in [1.54, 1.807) is 5.57 Å². The van der Waals surface area contributed by atoms with E-state index in [0.29, 0.717) is 0 Å². The second-order valence-corrected chi connectivity index (χ2v) is 3.79. The quantitative estimate of drug-likeness (QED) is 0.734. The van der Waals surface area contributed by atoms with Gasteiger partial charge in [-0.15, -0.1) is 0 Å². The largest absolute Gasteiger partial charge is 0.335 e. The van der Waals surface area contributed by atoms with Crippen LogP contribution in [0.5, 0.6) is 0 Å². The summed E-state index contributed by atoms with van der Waals surface area (Å²) in [4.78, 5) is 4.12. The van der Waals surface area contributed by atoms with Gasteiger partial charge in [-0.25, -0.2) is 4.98 Å². The highest BCUT2D eigenvalue weighted by Gasteiger charge is 2.03. The molecule has 1 aromatic heterocycles. The molecule has 2 heterocycles. The van der Waals surface area contributed by atoms with Gasteiger partial charge < -0.3 is 9.88 Å². The highest BCUT2D eigenvalue weighted by molar-refractivity contribution is 5.07. The zero-order valence-electron chi connectivity index (χ0n) is 8.66. The molecule has 0 unspecified atom stereocenters. The summed E-state index contributed by atoms with van der Waals surface area (Å²) < 4.78 is 2.21. The van der Waals surface area contributed by atoms with Gasteiger partial charge in [0.2, 0.25) is 0 Å². The summed E-state index contributed by atoms with van der Waals surface area (Å²) in [6.45, 7) is 5.34. The third-order valence-electron chi connectivity index (χ3n) is 2.75. The van der Waals surface area contributed by atoms with Gasteiger partial charge in [0, 0.05) is 25.0 Å². The fourth-order valence-corrected chi connectivity index (χ4v) is 1.78. The van der Waals surface area contributed by atoms with Crippen LogP contribution in [-0.4, -0.2) is 22.6 Å². The molecule has 0 bridgehead atoms. The fourth-order valence-electron chi connectivity index (χ4n) is 1.78. The van der Waals surface area contributed by atoms with Crippen molar-refractivity contribution < 1.29 is 0 Å². The SMILES string of the molecule is Cc1cncn1CCC1=CCNCC1. The molecule has 3 heteroatoms. The Morgan fingerprint density at radius 1 is 1.57 bits per heavy atom. The van der Waals surface area contributed by atoms with E-state index in [1.165, 1.54) is 18.5 Å². The van der Waals surface area contributed by atoms with E-state index in [4.69, 9.17) is 0 Å². The van der Waals surface area contributed by atoms with Gasteiger partial charge in [0.1, 0.15) is 0 Å². The van der Waals surface area contributed by atoms with Gasteiger partial charge in [0.15, 0.2) is 0 Å². The van der Waals surface area contributed by atoms with E-state index < -0.39 is 0 Å². The van der Waals surface area contributed by atoms with E-state index in [-0.39, 0.29) is 0 Å². The first-order chi connectivity index (χ1) is 6.86. The van der Waals surface area contributed by atoms with Crippen molar-refractivity contribution in [2.24, 2.45) is 0 Å². The van der Waals surface area contributed by atoms with Crippen molar-refractivity contribution in [3.63, 3.8) is 0 Å². The van der Waals surface area contributed by atoms with Crippen LogP contribution in [0, 0.1) is 6.92 Å². The summed E-state index contributed by atoms with van der Waals surface area (Å²) >= 11 is 0. The van der Waals surface area contributed by atoms with E-state index >= 15 is 0 Å². The Balaban J connectivity index is 1.88. The maximum absolute atomic E-state index is 4.12. The van der Waals surface area contributed by atoms with E-state index in [0.717, 1.165) is 19.6 Å². The van der Waals surface area contributed by atoms with Gasteiger partial charge in [-0.3, -0.25) is 0 Å². The molecule has 0 atom stereocenters. The molecule has 2 rings (SSSR count). The second-order valence-electron chi connectivity index (χ2n) is 3.79. The van der Waals surface area contributed by atoms with Crippen LogP contribution in [0.15, 0.2) is 24.2 Å². The van der Waals surface area contributed by atoms with Gasteiger partial charge in [-0.2, -0.15) is 0 Å². The number of hydrogen-bond acceptors (Lipinski definition) is 2. The highest BCUT2D eigenvalue weighted by Crippen LogP contribution is 2.11. The monoisotopic (exact) mass is 191 g/mol. The van der Waals surface area contributed by atoms with Crippen LogP contribution in [0.25, 0.3) is 0 Å². The van der Waals surface area contributed by atoms with Crippen LogP contribution >= 0.6 is 0 Å². The Hall–Kier alpha value is -1.09. The van der Waals surface area contributed by atoms with E-state index in [1.807, 2.05) is 12.5 Å². The van der Waals surface area contributed by atoms with E-state index in [9.17, 15) is 0 Å². The fraction of sp³-hybridized carbons (Fsp3) is 0.545. The van der Waals surface area contributed by atoms with E-state index in [2.05, 4.69) is 27.9 Å². The molecule has 1 aliphatic rings. The Morgan fingerprint density at radius 3 is 3.14 bits per heavy atom. The Kier molecular flexibility index (Phi) is 2.99. The lowest BCUT2D eigenvalue weighted by Crippen LogP contribution is -2.21. The minimum absolute atomic E-state index is 1.04. The molecule has 1 N–H and O–H groups in total. The molecule has 0 radical (unpaired) electrons. The van der Waals surface area contributed by atoms with Crippen molar-refractivity contribution in [2.45, 2.75) is 26.3 Å². The predicted molar refractivity (Wildman–Crippen MR) is 57.2 cm³/mol. The van der Waals surface area contributed by atoms with Gasteiger partial charge >= 0.3 is 0 Å². The van der Waals surface area contributed by atoms with Gasteiger partial charge in [-0.1, -0.05) is 11.6 Å². The molecule has 0 fully saturated rings. The van der Waals surface area contributed by atoms with Crippen LogP contribution < -0.4 is 5.32 Å². The topological polar surface area (TPSA) is 29.9 Å². The van der Waals surface area contributed by atoms with Crippen LogP contribution in [0.3, 0.4) is 0 Å². The summed E-state index contributed by atoms with van der Waals surface area (Å²) in [5, 5.41) is 3.32. The first-order valence-corrected chi connectivity index (χ1v) is 5.21. The Morgan fingerprint density at radius 2 is 2.50 bits per heavy atom. The molecule has 0 saturated carbocycles. The third-order valence-corrected chi connectivity index (χ3v) is 2.75. The number of hydrogen-bond donors (Lipinski definition) is 1. The molecular weight excluding hydrogens is 174 g/mol. The zero-order valence-corrected chi connectivity index (χ0v) is 8.66. The third kappa shape index (κ3) is 2.23. The maximum atomic E-state index is 4.12. The lowest BCUT2D eigenvalue weighted by Gasteiger charge is -2.14. The van der Waals surface area contributed by atoms with Crippen LogP contribution in [0.1, 0.15) is 18.5 Å². The number of nitrogens with one attached hydrogen (secondary N) is 1. The maximum Gasteiger partial charge on any atom is 0.0948 e. The number of nitrogens with zero attached hydrogens (tertiary/aromatic N) is 2. The minimum atomic E-state index is 1.04. The standard InChI is InChI=1S/C11H17N3/c1-10-8-13-9-14(10)7-4-11-2-5-12-6-3-11/h2,8-9,12H,3-7H2,1H3. The summed E-state index contributed by atoms with van der Waals surface area (Å²) in [6.07, 6.45) is 8.51. The van der Waals surface area contributed by atoms with Crippen LogP contribution in [-0.2, 0) is 6.54 Å². The smallest absolute Gasteiger partial charge is 0.0948 e. The van der Waals surface area contributed by atoms with Crippen molar-refractivity contribution in [2.75, 3.05) is 13.1 Å². The summed E-state index contributed by atoms with van der Waals surface area (Å²) in [5.74, 6) is 0. The van der Waals surface area contributed by atoms with Gasteiger partial charge in [-0.05, 0) is 26.3 Å². The molecule has 0 spiro atoms. The average Bonchev–Trinajstić information content (AvgIpc) is 2.63. The molecule has 3 nitrogen and oxygen atoms in total. The molecule has 0 aliphatic carbocycles. The Bertz CT molecular complexity index is 325. The minimum Gasteiger partial charge on any atom is -0.335 e. The number of aromatic nitrogens is 2. The normalized spacial score (nSPS) is 16.8. The molecule has 0 aromatic carbocycles. The summed E-state index contributed by atoms with van der Waals surface area (Å²) in [7, 11) is 0. The molecule has 0 saturated heterocycles. The van der Waals surface area contributed by atoms with Crippen LogP contribution in [0.4, 0.5) is 0 Å². The molecule has 1 aliphatic heterocycles. The molecule has 0 amide bonds. The first kappa shape index (κ1) is 9.46. The number of aryl methyl sites for hydroxylation is 2.